The van der Waals surface area contributed by atoms with Crippen molar-refractivity contribution in [3.8, 4) is 0 Å². The highest BCUT2D eigenvalue weighted by Crippen LogP contribution is 2.13. The van der Waals surface area contributed by atoms with Gasteiger partial charge in [0.25, 0.3) is 0 Å². The maximum absolute atomic E-state index is 11.6. The molecule has 1 heterocycles. The van der Waals surface area contributed by atoms with E-state index in [0.717, 1.165) is 25.0 Å². The molecule has 114 valence electrons. The van der Waals surface area contributed by atoms with Gasteiger partial charge in [-0.3, -0.25) is 4.68 Å². The van der Waals surface area contributed by atoms with Gasteiger partial charge in [0.15, 0.2) is 0 Å². The number of amides is 2. The molecule has 1 atom stereocenters. The monoisotopic (exact) mass is 282 g/mol. The normalized spacial score (nSPS) is 12.2. The zero-order valence-corrected chi connectivity index (χ0v) is 12.9. The third-order valence-corrected chi connectivity index (χ3v) is 3.60. The fourth-order valence-electron chi connectivity index (χ4n) is 2.16. The number of aliphatic hydroxyl groups is 1. The molecule has 20 heavy (non-hydrogen) atoms. The molecule has 0 bridgehead atoms. The second-order valence-electron chi connectivity index (χ2n) is 5.06. The molecule has 0 aliphatic carbocycles. The number of carbonyl (C=O) groups is 1. The summed E-state index contributed by atoms with van der Waals surface area (Å²) in [6.07, 6.45) is 2.50. The summed E-state index contributed by atoms with van der Waals surface area (Å²) in [5.41, 5.74) is 3.50. The van der Waals surface area contributed by atoms with Crippen LogP contribution in [0, 0.1) is 13.8 Å². The Morgan fingerprint density at radius 3 is 2.65 bits per heavy atom. The second-order valence-corrected chi connectivity index (χ2v) is 5.06. The Morgan fingerprint density at radius 1 is 1.45 bits per heavy atom. The first-order chi connectivity index (χ1) is 9.49. The van der Waals surface area contributed by atoms with Crippen molar-refractivity contribution in [3.05, 3.63) is 17.0 Å². The van der Waals surface area contributed by atoms with E-state index in [1.807, 2.05) is 25.6 Å². The van der Waals surface area contributed by atoms with Gasteiger partial charge in [0, 0.05) is 19.3 Å². The first-order valence-corrected chi connectivity index (χ1v) is 7.13. The van der Waals surface area contributed by atoms with Gasteiger partial charge in [-0.1, -0.05) is 6.92 Å². The van der Waals surface area contributed by atoms with Gasteiger partial charge in [-0.2, -0.15) is 5.10 Å². The molecule has 0 saturated carbocycles. The fourth-order valence-corrected chi connectivity index (χ4v) is 2.16. The molecule has 2 amide bonds. The summed E-state index contributed by atoms with van der Waals surface area (Å²) < 4.78 is 1.89. The average Bonchev–Trinajstić information content (AvgIpc) is 2.66. The number of aliphatic hydroxyl groups excluding tert-OH is 1. The molecule has 1 unspecified atom stereocenters. The van der Waals surface area contributed by atoms with E-state index in [-0.39, 0.29) is 18.7 Å². The lowest BCUT2D eigenvalue weighted by atomic mass is 10.1. The van der Waals surface area contributed by atoms with E-state index in [2.05, 4.69) is 22.7 Å². The van der Waals surface area contributed by atoms with Crippen LogP contribution < -0.4 is 10.6 Å². The Labute approximate surface area is 120 Å². The van der Waals surface area contributed by atoms with E-state index in [4.69, 9.17) is 5.11 Å². The van der Waals surface area contributed by atoms with E-state index in [0.29, 0.717) is 6.54 Å². The molecule has 0 aliphatic heterocycles. The van der Waals surface area contributed by atoms with Crippen molar-refractivity contribution in [2.45, 2.75) is 46.1 Å². The Bertz CT molecular complexity index is 439. The summed E-state index contributed by atoms with van der Waals surface area (Å²) in [6, 6.07) is -0.386. The Kier molecular flexibility index (Phi) is 6.51. The molecule has 3 N–H and O–H groups in total. The Morgan fingerprint density at radius 2 is 2.15 bits per heavy atom. The van der Waals surface area contributed by atoms with Crippen molar-refractivity contribution in [2.75, 3.05) is 13.2 Å². The largest absolute Gasteiger partial charge is 0.394 e. The molecule has 0 fully saturated rings. The van der Waals surface area contributed by atoms with Crippen LogP contribution in [0.4, 0.5) is 4.79 Å². The molecule has 1 rings (SSSR count). The SMILES string of the molecule is CCC(CO)NC(=O)NCCCc1c(C)nn(C)c1C. The van der Waals surface area contributed by atoms with Crippen LogP contribution in [0.5, 0.6) is 0 Å². The van der Waals surface area contributed by atoms with E-state index < -0.39 is 0 Å². The molecular formula is C14H26N4O2. The maximum Gasteiger partial charge on any atom is 0.315 e. The van der Waals surface area contributed by atoms with E-state index in [1.54, 1.807) is 0 Å². The zero-order valence-electron chi connectivity index (χ0n) is 12.9. The number of aryl methyl sites for hydroxylation is 2. The molecule has 0 aliphatic rings. The number of hydrogen-bond acceptors (Lipinski definition) is 3. The van der Waals surface area contributed by atoms with Crippen molar-refractivity contribution >= 4 is 6.03 Å². The van der Waals surface area contributed by atoms with Gasteiger partial charge in [-0.05, 0) is 38.7 Å². The predicted octanol–water partition coefficient (Wildman–Crippen LogP) is 1.04. The van der Waals surface area contributed by atoms with Gasteiger partial charge in [0.05, 0.1) is 18.3 Å². The minimum absolute atomic E-state index is 0.0298. The Balaban J connectivity index is 2.30. The lowest BCUT2D eigenvalue weighted by molar-refractivity contribution is 0.214. The topological polar surface area (TPSA) is 79.2 Å². The van der Waals surface area contributed by atoms with Crippen molar-refractivity contribution in [2.24, 2.45) is 7.05 Å². The number of urea groups is 1. The first kappa shape index (κ1) is 16.5. The maximum atomic E-state index is 11.6. The van der Waals surface area contributed by atoms with Crippen LogP contribution in [-0.4, -0.2) is 40.1 Å². The molecule has 1 aromatic rings. The summed E-state index contributed by atoms with van der Waals surface area (Å²) in [4.78, 5) is 11.6. The number of rotatable bonds is 7. The quantitative estimate of drug-likeness (QED) is 0.654. The molecule has 0 radical (unpaired) electrons. The highest BCUT2D eigenvalue weighted by atomic mass is 16.3. The van der Waals surface area contributed by atoms with E-state index in [1.165, 1.54) is 11.3 Å². The van der Waals surface area contributed by atoms with Gasteiger partial charge < -0.3 is 15.7 Å². The summed E-state index contributed by atoms with van der Waals surface area (Å²) in [5, 5.41) is 18.9. The van der Waals surface area contributed by atoms with Crippen LogP contribution in [-0.2, 0) is 13.5 Å². The number of carbonyl (C=O) groups excluding carboxylic acids is 1. The lowest BCUT2D eigenvalue weighted by Gasteiger charge is -2.14. The van der Waals surface area contributed by atoms with Gasteiger partial charge in [-0.25, -0.2) is 4.79 Å². The zero-order chi connectivity index (χ0) is 15.1. The van der Waals surface area contributed by atoms with Crippen LogP contribution in [0.2, 0.25) is 0 Å². The van der Waals surface area contributed by atoms with Crippen molar-refractivity contribution < 1.29 is 9.90 Å². The third-order valence-electron chi connectivity index (χ3n) is 3.60. The molecule has 1 aromatic heterocycles. The molecule has 6 nitrogen and oxygen atoms in total. The highest BCUT2D eigenvalue weighted by Gasteiger charge is 2.10. The first-order valence-electron chi connectivity index (χ1n) is 7.13. The molecule has 0 aromatic carbocycles. The summed E-state index contributed by atoms with van der Waals surface area (Å²) >= 11 is 0. The fraction of sp³-hybridized carbons (Fsp3) is 0.714. The second kappa shape index (κ2) is 7.89. The van der Waals surface area contributed by atoms with Crippen LogP contribution in [0.1, 0.15) is 36.7 Å². The average molecular weight is 282 g/mol. The highest BCUT2D eigenvalue weighted by molar-refractivity contribution is 5.74. The van der Waals surface area contributed by atoms with Gasteiger partial charge in [0.2, 0.25) is 0 Å². The van der Waals surface area contributed by atoms with E-state index >= 15 is 0 Å². The smallest absolute Gasteiger partial charge is 0.315 e. The van der Waals surface area contributed by atoms with E-state index in [9.17, 15) is 4.79 Å². The van der Waals surface area contributed by atoms with Gasteiger partial charge in [-0.15, -0.1) is 0 Å². The third kappa shape index (κ3) is 4.52. The number of nitrogens with zero attached hydrogens (tertiary/aromatic N) is 2. The van der Waals surface area contributed by atoms with Crippen molar-refractivity contribution in [3.63, 3.8) is 0 Å². The van der Waals surface area contributed by atoms with Crippen LogP contribution in [0.3, 0.4) is 0 Å². The van der Waals surface area contributed by atoms with Crippen molar-refractivity contribution in [1.82, 2.24) is 20.4 Å². The summed E-state index contributed by atoms with van der Waals surface area (Å²) in [5.74, 6) is 0. The summed E-state index contributed by atoms with van der Waals surface area (Å²) in [6.45, 7) is 6.58. The molecule has 0 spiro atoms. The lowest BCUT2D eigenvalue weighted by Crippen LogP contribution is -2.43. The number of nitrogens with one attached hydrogen (secondary N) is 2. The Hall–Kier alpha value is -1.56. The molecule has 6 heteroatoms. The predicted molar refractivity (Wildman–Crippen MR) is 78.7 cm³/mol. The summed E-state index contributed by atoms with van der Waals surface area (Å²) in [7, 11) is 1.94. The van der Waals surface area contributed by atoms with Crippen LogP contribution >= 0.6 is 0 Å². The standard InChI is InChI=1S/C14H26N4O2/c1-5-12(9-19)16-14(20)15-8-6-7-13-10(2)17-18(4)11(13)3/h12,19H,5-9H2,1-4H3,(H2,15,16,20). The number of aromatic nitrogens is 2. The molecular weight excluding hydrogens is 256 g/mol. The van der Waals surface area contributed by atoms with Gasteiger partial charge >= 0.3 is 6.03 Å². The van der Waals surface area contributed by atoms with Crippen LogP contribution in [0.15, 0.2) is 0 Å². The van der Waals surface area contributed by atoms with Gasteiger partial charge in [0.1, 0.15) is 0 Å². The number of hydrogen-bond donors (Lipinski definition) is 3. The van der Waals surface area contributed by atoms with Crippen molar-refractivity contribution in [1.29, 1.82) is 0 Å². The molecule has 0 saturated heterocycles. The minimum Gasteiger partial charge on any atom is -0.394 e. The van der Waals surface area contributed by atoms with Crippen LogP contribution in [0.25, 0.3) is 0 Å². The minimum atomic E-state index is -0.217.